The molecule has 8 heteroatoms. The molecule has 1 aliphatic rings. The third kappa shape index (κ3) is 4.34. The van der Waals surface area contributed by atoms with E-state index in [0.29, 0.717) is 31.4 Å². The molecule has 3 rings (SSSR count). The van der Waals surface area contributed by atoms with Crippen molar-refractivity contribution in [3.63, 3.8) is 0 Å². The Morgan fingerprint density at radius 3 is 2.92 bits per heavy atom. The number of nitrogens with zero attached hydrogens (tertiary/aromatic N) is 3. The number of ether oxygens (including phenoxy) is 1. The van der Waals surface area contributed by atoms with E-state index in [4.69, 9.17) is 9.26 Å². The summed E-state index contributed by atoms with van der Waals surface area (Å²) in [6.07, 6.45) is 0.959. The van der Waals surface area contributed by atoms with Crippen molar-refractivity contribution < 1.29 is 18.8 Å². The molecule has 0 aliphatic carbocycles. The van der Waals surface area contributed by atoms with Crippen LogP contribution in [0.25, 0.3) is 11.5 Å². The van der Waals surface area contributed by atoms with Gasteiger partial charge in [-0.05, 0) is 18.2 Å². The Bertz CT molecular complexity index is 775. The fraction of sp³-hybridized carbons (Fsp3) is 0.333. The normalized spacial score (nSPS) is 16.9. The number of benzene rings is 1. The Balaban J connectivity index is 1.58. The van der Waals surface area contributed by atoms with Gasteiger partial charge >= 0.3 is 0 Å². The topological polar surface area (TPSA) is 97.6 Å². The number of rotatable bonds is 6. The molecule has 8 nitrogen and oxygen atoms in total. The SMILES string of the molecule is C=CC(=O)NCCC(=O)N1CCOC(c2noc(-c3ccccc3)n2)C1. The summed E-state index contributed by atoms with van der Waals surface area (Å²) in [6.45, 7) is 4.88. The molecule has 1 fully saturated rings. The highest BCUT2D eigenvalue weighted by molar-refractivity contribution is 5.87. The van der Waals surface area contributed by atoms with Gasteiger partial charge in [-0.2, -0.15) is 4.98 Å². The summed E-state index contributed by atoms with van der Waals surface area (Å²) in [5, 5.41) is 6.58. The molecular formula is C18H20N4O4. The fourth-order valence-corrected chi connectivity index (χ4v) is 2.62. The Morgan fingerprint density at radius 2 is 2.15 bits per heavy atom. The largest absolute Gasteiger partial charge is 0.366 e. The van der Waals surface area contributed by atoms with Gasteiger partial charge in [-0.25, -0.2) is 0 Å². The Morgan fingerprint density at radius 1 is 1.35 bits per heavy atom. The van der Waals surface area contributed by atoms with Crippen molar-refractivity contribution in [3.05, 3.63) is 48.8 Å². The van der Waals surface area contributed by atoms with Crippen LogP contribution in [0.15, 0.2) is 47.5 Å². The molecule has 2 amide bonds. The number of hydrogen-bond donors (Lipinski definition) is 1. The molecule has 1 saturated heterocycles. The minimum Gasteiger partial charge on any atom is -0.366 e. The first-order valence-corrected chi connectivity index (χ1v) is 8.36. The Kier molecular flexibility index (Phi) is 5.75. The lowest BCUT2D eigenvalue weighted by Crippen LogP contribution is -2.43. The molecule has 0 bridgehead atoms. The van der Waals surface area contributed by atoms with Gasteiger partial charge in [0, 0.05) is 25.1 Å². The van der Waals surface area contributed by atoms with Crippen molar-refractivity contribution in [1.82, 2.24) is 20.4 Å². The van der Waals surface area contributed by atoms with E-state index in [1.54, 1.807) is 4.90 Å². The van der Waals surface area contributed by atoms with E-state index < -0.39 is 6.10 Å². The molecule has 1 unspecified atom stereocenters. The van der Waals surface area contributed by atoms with Gasteiger partial charge in [0.15, 0.2) is 0 Å². The maximum Gasteiger partial charge on any atom is 0.258 e. The maximum absolute atomic E-state index is 12.3. The van der Waals surface area contributed by atoms with E-state index in [1.807, 2.05) is 30.3 Å². The molecule has 26 heavy (non-hydrogen) atoms. The average molecular weight is 356 g/mol. The van der Waals surface area contributed by atoms with Crippen molar-refractivity contribution in [1.29, 1.82) is 0 Å². The van der Waals surface area contributed by atoms with Crippen molar-refractivity contribution in [2.24, 2.45) is 0 Å². The number of amides is 2. The van der Waals surface area contributed by atoms with Crippen LogP contribution in [0.4, 0.5) is 0 Å². The molecule has 1 atom stereocenters. The fourth-order valence-electron chi connectivity index (χ4n) is 2.62. The average Bonchev–Trinajstić information content (AvgIpc) is 3.19. The van der Waals surface area contributed by atoms with Crippen LogP contribution >= 0.6 is 0 Å². The predicted octanol–water partition coefficient (Wildman–Crippen LogP) is 1.33. The molecule has 0 radical (unpaired) electrons. The summed E-state index contributed by atoms with van der Waals surface area (Å²) < 4.78 is 11.0. The minimum absolute atomic E-state index is 0.0607. The second-order valence-electron chi connectivity index (χ2n) is 5.77. The molecule has 0 saturated carbocycles. The van der Waals surface area contributed by atoms with Crippen LogP contribution in [0.1, 0.15) is 18.3 Å². The zero-order chi connectivity index (χ0) is 18.4. The first kappa shape index (κ1) is 17.8. The van der Waals surface area contributed by atoms with Crippen LogP contribution < -0.4 is 5.32 Å². The molecule has 1 aliphatic heterocycles. The maximum atomic E-state index is 12.3. The van der Waals surface area contributed by atoms with Crippen LogP contribution in [0.5, 0.6) is 0 Å². The van der Waals surface area contributed by atoms with Crippen molar-refractivity contribution in [2.45, 2.75) is 12.5 Å². The summed E-state index contributed by atoms with van der Waals surface area (Å²) in [7, 11) is 0. The van der Waals surface area contributed by atoms with E-state index in [-0.39, 0.29) is 24.8 Å². The van der Waals surface area contributed by atoms with Gasteiger partial charge < -0.3 is 19.5 Å². The van der Waals surface area contributed by atoms with Crippen LogP contribution in [0.3, 0.4) is 0 Å². The molecule has 136 valence electrons. The van der Waals surface area contributed by atoms with Crippen LogP contribution in [-0.4, -0.2) is 53.1 Å². The van der Waals surface area contributed by atoms with Gasteiger partial charge in [-0.3, -0.25) is 9.59 Å². The monoisotopic (exact) mass is 356 g/mol. The lowest BCUT2D eigenvalue weighted by atomic mass is 10.2. The van der Waals surface area contributed by atoms with Gasteiger partial charge in [0.1, 0.15) is 6.10 Å². The molecular weight excluding hydrogens is 336 g/mol. The zero-order valence-corrected chi connectivity index (χ0v) is 14.3. The minimum atomic E-state index is -0.434. The van der Waals surface area contributed by atoms with E-state index >= 15 is 0 Å². The lowest BCUT2D eigenvalue weighted by Gasteiger charge is -2.31. The number of carbonyl (C=O) groups is 2. The first-order valence-electron chi connectivity index (χ1n) is 8.36. The molecule has 0 spiro atoms. The number of aromatic nitrogens is 2. The summed E-state index contributed by atoms with van der Waals surface area (Å²) in [6, 6.07) is 9.45. The third-order valence-electron chi connectivity index (χ3n) is 3.99. The van der Waals surface area contributed by atoms with Crippen molar-refractivity contribution in [3.8, 4) is 11.5 Å². The molecule has 1 aromatic carbocycles. The molecule has 1 aromatic heterocycles. The van der Waals surface area contributed by atoms with Gasteiger partial charge in [-0.15, -0.1) is 0 Å². The van der Waals surface area contributed by atoms with Crippen molar-refractivity contribution in [2.75, 3.05) is 26.2 Å². The molecule has 2 aromatic rings. The number of carbonyl (C=O) groups excluding carboxylic acids is 2. The van der Waals surface area contributed by atoms with Gasteiger partial charge in [-0.1, -0.05) is 29.9 Å². The van der Waals surface area contributed by atoms with Crippen LogP contribution in [-0.2, 0) is 14.3 Å². The molecule has 2 heterocycles. The van der Waals surface area contributed by atoms with E-state index in [9.17, 15) is 9.59 Å². The first-order chi connectivity index (χ1) is 12.7. The van der Waals surface area contributed by atoms with Gasteiger partial charge in [0.25, 0.3) is 5.89 Å². The molecule has 1 N–H and O–H groups in total. The highest BCUT2D eigenvalue weighted by Crippen LogP contribution is 2.23. The number of nitrogens with one attached hydrogen (secondary N) is 1. The van der Waals surface area contributed by atoms with E-state index in [0.717, 1.165) is 5.56 Å². The smallest absolute Gasteiger partial charge is 0.258 e. The highest BCUT2D eigenvalue weighted by atomic mass is 16.5. The number of morpholine rings is 1. The predicted molar refractivity (Wildman–Crippen MR) is 92.8 cm³/mol. The second-order valence-corrected chi connectivity index (χ2v) is 5.77. The summed E-state index contributed by atoms with van der Waals surface area (Å²) >= 11 is 0. The zero-order valence-electron chi connectivity index (χ0n) is 14.3. The van der Waals surface area contributed by atoms with Gasteiger partial charge in [0.2, 0.25) is 17.6 Å². The standard InChI is InChI=1S/C18H20N4O4/c1-2-15(23)19-9-8-16(24)22-10-11-25-14(12-22)17-20-18(26-21-17)13-6-4-3-5-7-13/h2-7,14H,1,8-12H2,(H,19,23). The van der Waals surface area contributed by atoms with Crippen LogP contribution in [0, 0.1) is 0 Å². The third-order valence-corrected chi connectivity index (χ3v) is 3.99. The van der Waals surface area contributed by atoms with Crippen molar-refractivity contribution >= 4 is 11.8 Å². The van der Waals surface area contributed by atoms with E-state index in [2.05, 4.69) is 22.0 Å². The quantitative estimate of drug-likeness (QED) is 0.784. The number of hydrogen-bond acceptors (Lipinski definition) is 6. The second kappa shape index (κ2) is 8.39. The lowest BCUT2D eigenvalue weighted by molar-refractivity contribution is -0.139. The van der Waals surface area contributed by atoms with E-state index in [1.165, 1.54) is 6.08 Å². The summed E-state index contributed by atoms with van der Waals surface area (Å²) in [5.41, 5.74) is 0.827. The summed E-state index contributed by atoms with van der Waals surface area (Å²) in [4.78, 5) is 29.5. The highest BCUT2D eigenvalue weighted by Gasteiger charge is 2.28. The summed E-state index contributed by atoms with van der Waals surface area (Å²) in [5.74, 6) is 0.480. The Hall–Kier alpha value is -3.00. The Labute approximate surface area is 150 Å². The van der Waals surface area contributed by atoms with Gasteiger partial charge in [0.05, 0.1) is 13.2 Å². The van der Waals surface area contributed by atoms with Crippen LogP contribution in [0.2, 0.25) is 0 Å².